The molecule has 0 saturated carbocycles. The molecule has 6 nitrogen and oxygen atoms in total. The first kappa shape index (κ1) is 24.8. The molecule has 3 atom stereocenters. The standard InChI is InChI=1S/C26H29F3N4O2/c1-16-12-20(26(27,28)29)18(13-19(16)14-23(34)35)9-11-30-24(17-6-3-2-4-7-17)22-15-32-21-8-5-10-31-25(21)33-22/h2-8,10,13,16,22,24,30,32H,9,11-12,14-15H2,1H3,(H,31,33)(H,34,35)/t16?,22-,24-/m1/s1. The first-order valence-corrected chi connectivity index (χ1v) is 11.7. The number of nitrogens with zero attached hydrogens (tertiary/aromatic N) is 1. The van der Waals surface area contributed by atoms with Gasteiger partial charge in [-0.15, -0.1) is 0 Å². The van der Waals surface area contributed by atoms with Crippen LogP contribution < -0.4 is 16.0 Å². The molecule has 1 unspecified atom stereocenters. The van der Waals surface area contributed by atoms with Crippen LogP contribution in [0.2, 0.25) is 0 Å². The molecule has 1 aromatic carbocycles. The van der Waals surface area contributed by atoms with Crippen molar-refractivity contribution in [1.82, 2.24) is 10.3 Å². The molecule has 1 aliphatic heterocycles. The van der Waals surface area contributed by atoms with E-state index in [9.17, 15) is 23.1 Å². The van der Waals surface area contributed by atoms with Crippen LogP contribution in [0.25, 0.3) is 0 Å². The second kappa shape index (κ2) is 10.5. The molecule has 0 saturated heterocycles. The molecule has 4 rings (SSSR count). The van der Waals surface area contributed by atoms with E-state index >= 15 is 0 Å². The Hall–Kier alpha value is -3.33. The van der Waals surface area contributed by atoms with Crippen LogP contribution in [0.3, 0.4) is 0 Å². The minimum absolute atomic E-state index is 0.0830. The number of fused-ring (bicyclic) bond motifs is 1. The van der Waals surface area contributed by atoms with Gasteiger partial charge in [0.25, 0.3) is 0 Å². The van der Waals surface area contributed by atoms with Crippen LogP contribution in [0.5, 0.6) is 0 Å². The monoisotopic (exact) mass is 486 g/mol. The summed E-state index contributed by atoms with van der Waals surface area (Å²) < 4.78 is 41.4. The van der Waals surface area contributed by atoms with Crippen LogP contribution >= 0.6 is 0 Å². The summed E-state index contributed by atoms with van der Waals surface area (Å²) in [6.45, 7) is 2.56. The lowest BCUT2D eigenvalue weighted by Crippen LogP contribution is -2.44. The first-order valence-electron chi connectivity index (χ1n) is 11.7. The Labute approximate surface area is 202 Å². The highest BCUT2D eigenvalue weighted by molar-refractivity contribution is 5.70. The number of carbonyl (C=O) groups is 1. The van der Waals surface area contributed by atoms with Crippen LogP contribution in [-0.4, -0.2) is 41.4 Å². The zero-order chi connectivity index (χ0) is 25.0. The van der Waals surface area contributed by atoms with E-state index in [-0.39, 0.29) is 36.9 Å². The molecule has 0 spiro atoms. The summed E-state index contributed by atoms with van der Waals surface area (Å²) in [5, 5.41) is 19.4. The summed E-state index contributed by atoms with van der Waals surface area (Å²) in [5.41, 5.74) is 2.04. The highest BCUT2D eigenvalue weighted by Crippen LogP contribution is 2.41. The number of aliphatic carboxylic acids is 1. The lowest BCUT2D eigenvalue weighted by atomic mass is 9.82. The van der Waals surface area contributed by atoms with Gasteiger partial charge in [-0.1, -0.05) is 48.9 Å². The summed E-state index contributed by atoms with van der Waals surface area (Å²) in [7, 11) is 0. The highest BCUT2D eigenvalue weighted by atomic mass is 19.4. The molecule has 2 heterocycles. The van der Waals surface area contributed by atoms with E-state index in [1.54, 1.807) is 13.1 Å². The maximum absolute atomic E-state index is 13.8. The number of anilines is 2. The van der Waals surface area contributed by atoms with Gasteiger partial charge in [0.05, 0.1) is 24.2 Å². The van der Waals surface area contributed by atoms with E-state index in [4.69, 9.17) is 0 Å². The molecule has 186 valence electrons. The van der Waals surface area contributed by atoms with Crippen LogP contribution in [0.15, 0.2) is 71.5 Å². The predicted molar refractivity (Wildman–Crippen MR) is 129 cm³/mol. The molecule has 0 radical (unpaired) electrons. The van der Waals surface area contributed by atoms with Gasteiger partial charge in [0.15, 0.2) is 0 Å². The molecule has 9 heteroatoms. The van der Waals surface area contributed by atoms with Crippen LogP contribution in [0.4, 0.5) is 24.7 Å². The van der Waals surface area contributed by atoms with Crippen molar-refractivity contribution in [2.24, 2.45) is 5.92 Å². The summed E-state index contributed by atoms with van der Waals surface area (Å²) in [6.07, 6.45) is -1.60. The first-order chi connectivity index (χ1) is 16.7. The van der Waals surface area contributed by atoms with Crippen LogP contribution in [-0.2, 0) is 4.79 Å². The van der Waals surface area contributed by atoms with Crippen LogP contribution in [0, 0.1) is 5.92 Å². The summed E-state index contributed by atoms with van der Waals surface area (Å²) in [4.78, 5) is 15.6. The van der Waals surface area contributed by atoms with Gasteiger partial charge in [-0.05, 0) is 48.6 Å². The number of hydrogen-bond acceptors (Lipinski definition) is 5. The van der Waals surface area contributed by atoms with Gasteiger partial charge in [0.2, 0.25) is 0 Å². The number of alkyl halides is 3. The van der Waals surface area contributed by atoms with Crippen LogP contribution in [0.1, 0.15) is 37.8 Å². The zero-order valence-corrected chi connectivity index (χ0v) is 19.4. The average molecular weight is 487 g/mol. The number of aromatic nitrogens is 1. The lowest BCUT2D eigenvalue weighted by molar-refractivity contribution is -0.136. The smallest absolute Gasteiger partial charge is 0.412 e. The third kappa shape index (κ3) is 6.03. The van der Waals surface area contributed by atoms with Gasteiger partial charge >= 0.3 is 12.1 Å². The van der Waals surface area contributed by atoms with E-state index in [1.807, 2.05) is 42.5 Å². The molecule has 0 bridgehead atoms. The number of benzene rings is 1. The van der Waals surface area contributed by atoms with Crippen molar-refractivity contribution in [3.05, 3.63) is 77.0 Å². The number of halogens is 3. The molecule has 0 fully saturated rings. The van der Waals surface area contributed by atoms with Crippen molar-refractivity contribution in [2.75, 3.05) is 23.7 Å². The topological polar surface area (TPSA) is 86.3 Å². The van der Waals surface area contributed by atoms with Crippen molar-refractivity contribution in [3.8, 4) is 0 Å². The Morgan fingerprint density at radius 1 is 1.23 bits per heavy atom. The Bertz CT molecular complexity index is 1120. The fraction of sp³-hybridized carbons (Fsp3) is 0.385. The molecule has 2 aromatic rings. The van der Waals surface area contributed by atoms with Crippen molar-refractivity contribution in [2.45, 2.75) is 44.4 Å². The van der Waals surface area contributed by atoms with E-state index in [1.165, 1.54) is 6.08 Å². The fourth-order valence-corrected chi connectivity index (χ4v) is 4.77. The molecule has 0 amide bonds. The van der Waals surface area contributed by atoms with Crippen molar-refractivity contribution in [1.29, 1.82) is 0 Å². The minimum atomic E-state index is -4.45. The number of carboxylic acid groups (broad SMARTS) is 1. The summed E-state index contributed by atoms with van der Waals surface area (Å²) in [6, 6.07) is 13.3. The Morgan fingerprint density at radius 3 is 2.71 bits per heavy atom. The molecule has 1 aliphatic carbocycles. The van der Waals surface area contributed by atoms with E-state index in [0.29, 0.717) is 18.7 Å². The van der Waals surface area contributed by atoms with Gasteiger partial charge in [-0.25, -0.2) is 4.98 Å². The number of rotatable bonds is 8. The maximum Gasteiger partial charge on any atom is 0.412 e. The number of nitrogens with one attached hydrogen (secondary N) is 3. The number of carboxylic acids is 1. The lowest BCUT2D eigenvalue weighted by Gasteiger charge is -2.34. The van der Waals surface area contributed by atoms with Crippen molar-refractivity contribution in [3.63, 3.8) is 0 Å². The molecule has 2 aliphatic rings. The zero-order valence-electron chi connectivity index (χ0n) is 19.4. The fourth-order valence-electron chi connectivity index (χ4n) is 4.77. The van der Waals surface area contributed by atoms with Gasteiger partial charge < -0.3 is 21.1 Å². The largest absolute Gasteiger partial charge is 0.481 e. The van der Waals surface area contributed by atoms with Gasteiger partial charge in [-0.2, -0.15) is 13.2 Å². The predicted octanol–water partition coefficient (Wildman–Crippen LogP) is 5.31. The molecule has 35 heavy (non-hydrogen) atoms. The van der Waals surface area contributed by atoms with Crippen molar-refractivity contribution < 1.29 is 23.1 Å². The Morgan fingerprint density at radius 2 is 2.00 bits per heavy atom. The second-order valence-electron chi connectivity index (χ2n) is 9.02. The minimum Gasteiger partial charge on any atom is -0.481 e. The molecule has 4 N–H and O–H groups in total. The normalized spacial score (nSPS) is 20.9. The number of pyridine rings is 1. The Kier molecular flexibility index (Phi) is 7.45. The third-order valence-electron chi connectivity index (χ3n) is 6.55. The second-order valence-corrected chi connectivity index (χ2v) is 9.02. The Balaban J connectivity index is 1.53. The molecular weight excluding hydrogens is 457 g/mol. The summed E-state index contributed by atoms with van der Waals surface area (Å²) in [5.74, 6) is -0.761. The molecular formula is C26H29F3N4O2. The quantitative estimate of drug-likeness (QED) is 0.405. The number of allylic oxidation sites excluding steroid dienone is 2. The molecule has 1 aromatic heterocycles. The van der Waals surface area contributed by atoms with Gasteiger partial charge in [0.1, 0.15) is 5.82 Å². The average Bonchev–Trinajstić information content (AvgIpc) is 2.83. The third-order valence-corrected chi connectivity index (χ3v) is 6.55. The highest BCUT2D eigenvalue weighted by Gasteiger charge is 2.39. The van der Waals surface area contributed by atoms with E-state index in [2.05, 4.69) is 20.9 Å². The maximum atomic E-state index is 13.8. The van der Waals surface area contributed by atoms with E-state index in [0.717, 1.165) is 17.1 Å². The van der Waals surface area contributed by atoms with Crippen molar-refractivity contribution >= 4 is 17.5 Å². The van der Waals surface area contributed by atoms with Gasteiger partial charge in [0, 0.05) is 18.3 Å². The van der Waals surface area contributed by atoms with Gasteiger partial charge in [-0.3, -0.25) is 4.79 Å². The SMILES string of the molecule is CC1CC(C(F)(F)F)=C(CCN[C@H](c2ccccc2)[C@H]2CNc3cccnc3N2)C=C1CC(=O)O. The number of hydrogen-bond donors (Lipinski definition) is 4. The van der Waals surface area contributed by atoms with E-state index < -0.39 is 23.6 Å². The summed E-state index contributed by atoms with van der Waals surface area (Å²) >= 11 is 0.